The molecule has 86 valence electrons. The molecule has 0 spiro atoms. The van der Waals surface area contributed by atoms with Gasteiger partial charge in [-0.25, -0.2) is 4.98 Å². The summed E-state index contributed by atoms with van der Waals surface area (Å²) in [5.41, 5.74) is 2.12. The lowest BCUT2D eigenvalue weighted by Gasteiger charge is -2.12. The number of aromatic nitrogens is 2. The van der Waals surface area contributed by atoms with Crippen molar-refractivity contribution < 1.29 is 0 Å². The normalized spacial score (nSPS) is 11.6. The SMILES string of the molecule is CC(C)n1c(CCS)nc2cc(Cl)ccc21. The van der Waals surface area contributed by atoms with E-state index in [9.17, 15) is 0 Å². The van der Waals surface area contributed by atoms with Crippen molar-refractivity contribution in [1.29, 1.82) is 0 Å². The number of hydrogen-bond acceptors (Lipinski definition) is 2. The van der Waals surface area contributed by atoms with Gasteiger partial charge >= 0.3 is 0 Å². The molecule has 1 aromatic heterocycles. The van der Waals surface area contributed by atoms with Gasteiger partial charge in [-0.1, -0.05) is 11.6 Å². The summed E-state index contributed by atoms with van der Waals surface area (Å²) < 4.78 is 2.25. The van der Waals surface area contributed by atoms with Crippen molar-refractivity contribution in [2.45, 2.75) is 26.3 Å². The summed E-state index contributed by atoms with van der Waals surface area (Å²) in [4.78, 5) is 4.61. The number of hydrogen-bond donors (Lipinski definition) is 1. The first-order valence-corrected chi connectivity index (χ1v) is 6.41. The van der Waals surface area contributed by atoms with Crippen molar-refractivity contribution in [3.63, 3.8) is 0 Å². The van der Waals surface area contributed by atoms with Crippen LogP contribution in [0, 0.1) is 0 Å². The summed E-state index contributed by atoms with van der Waals surface area (Å²) >= 11 is 10.2. The number of halogens is 1. The van der Waals surface area contributed by atoms with Crippen LogP contribution in [0.25, 0.3) is 11.0 Å². The summed E-state index contributed by atoms with van der Waals surface area (Å²) in [6.45, 7) is 4.33. The van der Waals surface area contributed by atoms with E-state index in [4.69, 9.17) is 11.6 Å². The number of thiol groups is 1. The van der Waals surface area contributed by atoms with Crippen molar-refractivity contribution in [3.05, 3.63) is 29.0 Å². The molecule has 0 amide bonds. The number of rotatable bonds is 3. The monoisotopic (exact) mass is 254 g/mol. The first kappa shape index (κ1) is 11.8. The Kier molecular flexibility index (Phi) is 3.45. The lowest BCUT2D eigenvalue weighted by Crippen LogP contribution is -2.06. The van der Waals surface area contributed by atoms with Crippen LogP contribution in [0.4, 0.5) is 0 Å². The number of fused-ring (bicyclic) bond motifs is 1. The Bertz CT molecular complexity index is 505. The summed E-state index contributed by atoms with van der Waals surface area (Å²) in [6.07, 6.45) is 0.883. The van der Waals surface area contributed by atoms with E-state index >= 15 is 0 Å². The predicted molar refractivity (Wildman–Crippen MR) is 72.7 cm³/mol. The van der Waals surface area contributed by atoms with Gasteiger partial charge in [0.1, 0.15) is 5.82 Å². The molecule has 2 aromatic rings. The highest BCUT2D eigenvalue weighted by molar-refractivity contribution is 7.80. The Morgan fingerprint density at radius 3 is 2.81 bits per heavy atom. The van der Waals surface area contributed by atoms with Crippen molar-refractivity contribution in [2.24, 2.45) is 0 Å². The average Bonchev–Trinajstić information content (AvgIpc) is 2.55. The van der Waals surface area contributed by atoms with Crippen LogP contribution in [0.5, 0.6) is 0 Å². The molecule has 1 aromatic carbocycles. The third kappa shape index (κ3) is 2.06. The van der Waals surface area contributed by atoms with Gasteiger partial charge in [-0.2, -0.15) is 12.6 Å². The van der Waals surface area contributed by atoms with Crippen molar-refractivity contribution >= 4 is 35.3 Å². The van der Waals surface area contributed by atoms with Gasteiger partial charge in [-0.3, -0.25) is 0 Å². The standard InChI is InChI=1S/C12H15ClN2S/c1-8(2)15-11-4-3-9(13)7-10(11)14-12(15)5-6-16/h3-4,7-8,16H,5-6H2,1-2H3. The summed E-state index contributed by atoms with van der Waals surface area (Å²) in [7, 11) is 0. The van der Waals surface area contributed by atoms with Crippen LogP contribution >= 0.6 is 24.2 Å². The first-order valence-electron chi connectivity index (χ1n) is 5.40. The molecule has 2 nitrogen and oxygen atoms in total. The highest BCUT2D eigenvalue weighted by Gasteiger charge is 2.12. The number of benzene rings is 1. The van der Waals surface area contributed by atoms with Gasteiger partial charge in [0.05, 0.1) is 11.0 Å². The molecule has 4 heteroatoms. The van der Waals surface area contributed by atoms with Crippen LogP contribution in [0.2, 0.25) is 5.02 Å². The maximum Gasteiger partial charge on any atom is 0.110 e. The predicted octanol–water partition coefficient (Wildman–Crippen LogP) is 3.74. The van der Waals surface area contributed by atoms with Crippen LogP contribution in [0.1, 0.15) is 25.7 Å². The molecule has 0 radical (unpaired) electrons. The number of nitrogens with zero attached hydrogens (tertiary/aromatic N) is 2. The Balaban J connectivity index is 2.65. The maximum atomic E-state index is 5.97. The molecule has 1 heterocycles. The fourth-order valence-corrected chi connectivity index (χ4v) is 2.34. The van der Waals surface area contributed by atoms with Gasteiger partial charge in [0.2, 0.25) is 0 Å². The second-order valence-electron chi connectivity index (χ2n) is 4.10. The van der Waals surface area contributed by atoms with Crippen molar-refractivity contribution in [1.82, 2.24) is 9.55 Å². The van der Waals surface area contributed by atoms with Crippen LogP contribution in [-0.2, 0) is 6.42 Å². The lowest BCUT2D eigenvalue weighted by atomic mass is 10.3. The van der Waals surface area contributed by atoms with Gasteiger partial charge in [0.25, 0.3) is 0 Å². The summed E-state index contributed by atoms with van der Waals surface area (Å²) in [5.74, 6) is 1.89. The minimum absolute atomic E-state index is 0.404. The molecule has 0 aliphatic rings. The maximum absolute atomic E-state index is 5.97. The zero-order valence-corrected chi connectivity index (χ0v) is 11.1. The van der Waals surface area contributed by atoms with Crippen LogP contribution < -0.4 is 0 Å². The van der Waals surface area contributed by atoms with Gasteiger partial charge in [-0.15, -0.1) is 0 Å². The van der Waals surface area contributed by atoms with E-state index in [1.54, 1.807) is 0 Å². The van der Waals surface area contributed by atoms with Gasteiger partial charge in [0.15, 0.2) is 0 Å². The van der Waals surface area contributed by atoms with E-state index in [0.29, 0.717) is 6.04 Å². The van der Waals surface area contributed by atoms with Crippen LogP contribution in [-0.4, -0.2) is 15.3 Å². The van der Waals surface area contributed by atoms with E-state index in [1.165, 1.54) is 0 Å². The minimum Gasteiger partial charge on any atom is -0.325 e. The molecule has 2 rings (SSSR count). The smallest absolute Gasteiger partial charge is 0.110 e. The largest absolute Gasteiger partial charge is 0.325 e. The Labute approximate surface area is 106 Å². The quantitative estimate of drug-likeness (QED) is 0.826. The lowest BCUT2D eigenvalue weighted by molar-refractivity contribution is 0.589. The zero-order chi connectivity index (χ0) is 11.7. The molecule has 16 heavy (non-hydrogen) atoms. The van der Waals surface area contributed by atoms with E-state index in [1.807, 2.05) is 18.2 Å². The Hall–Kier alpha value is -0.670. The molecular formula is C12H15ClN2S. The fourth-order valence-electron chi connectivity index (χ4n) is 1.97. The molecule has 0 N–H and O–H groups in total. The number of imidazole rings is 1. The Morgan fingerprint density at radius 1 is 1.44 bits per heavy atom. The third-order valence-electron chi connectivity index (χ3n) is 2.58. The van der Waals surface area contributed by atoms with E-state index < -0.39 is 0 Å². The molecule has 0 bridgehead atoms. The highest BCUT2D eigenvalue weighted by atomic mass is 35.5. The second-order valence-corrected chi connectivity index (χ2v) is 4.98. The van der Waals surface area contributed by atoms with E-state index in [2.05, 4.69) is 36.0 Å². The molecule has 0 aliphatic heterocycles. The molecule has 0 aliphatic carbocycles. The fraction of sp³-hybridized carbons (Fsp3) is 0.417. The molecule has 0 unspecified atom stereocenters. The Morgan fingerprint density at radius 2 is 2.19 bits per heavy atom. The second kappa shape index (κ2) is 4.68. The average molecular weight is 255 g/mol. The van der Waals surface area contributed by atoms with Crippen molar-refractivity contribution in [2.75, 3.05) is 5.75 Å². The topological polar surface area (TPSA) is 17.8 Å². The van der Waals surface area contributed by atoms with Gasteiger partial charge in [-0.05, 0) is 37.8 Å². The molecule has 0 atom stereocenters. The summed E-state index contributed by atoms with van der Waals surface area (Å²) in [6, 6.07) is 6.26. The molecule has 0 saturated heterocycles. The minimum atomic E-state index is 0.404. The van der Waals surface area contributed by atoms with Gasteiger partial charge < -0.3 is 4.57 Å². The highest BCUT2D eigenvalue weighted by Crippen LogP contribution is 2.24. The first-order chi connectivity index (χ1) is 7.63. The molecule has 0 saturated carbocycles. The van der Waals surface area contributed by atoms with E-state index in [-0.39, 0.29) is 0 Å². The third-order valence-corrected chi connectivity index (χ3v) is 3.04. The molecular weight excluding hydrogens is 240 g/mol. The van der Waals surface area contributed by atoms with Crippen LogP contribution in [0.15, 0.2) is 18.2 Å². The van der Waals surface area contributed by atoms with Gasteiger partial charge in [0, 0.05) is 17.5 Å². The van der Waals surface area contributed by atoms with E-state index in [0.717, 1.165) is 34.1 Å². The zero-order valence-electron chi connectivity index (χ0n) is 9.44. The van der Waals surface area contributed by atoms with Crippen molar-refractivity contribution in [3.8, 4) is 0 Å². The van der Waals surface area contributed by atoms with Crippen LogP contribution in [0.3, 0.4) is 0 Å². The summed E-state index contributed by atoms with van der Waals surface area (Å²) in [5, 5.41) is 0.735. The molecule has 0 fully saturated rings. The number of aryl methyl sites for hydroxylation is 1.